The Hall–Kier alpha value is -2.40. The van der Waals surface area contributed by atoms with Crippen molar-refractivity contribution < 1.29 is 9.21 Å². The first-order valence-electron chi connectivity index (χ1n) is 5.89. The normalized spacial score (nSPS) is 10.8. The first kappa shape index (κ1) is 12.6. The van der Waals surface area contributed by atoms with Gasteiger partial charge in [0.25, 0.3) is 0 Å². The number of benzene rings is 1. The molecule has 2 aromatic heterocycles. The molecule has 0 spiro atoms. The number of nitrogens with zero attached hydrogens (tertiary/aromatic N) is 2. The van der Waals surface area contributed by atoms with Crippen LogP contribution in [-0.2, 0) is 6.54 Å². The number of hydrogen-bond donors (Lipinski definition) is 0. The number of carbonyl (C=O) groups is 1. The van der Waals surface area contributed by atoms with Gasteiger partial charge in [-0.25, -0.2) is 9.78 Å². The lowest BCUT2D eigenvalue weighted by Crippen LogP contribution is -2.20. The van der Waals surface area contributed by atoms with Crippen molar-refractivity contribution in [3.8, 4) is 0 Å². The number of oxazole rings is 1. The lowest BCUT2D eigenvalue weighted by molar-refractivity contribution is 0.0970. The molecular formula is C14H9ClN2O3. The minimum absolute atomic E-state index is 0.160. The second kappa shape index (κ2) is 4.94. The highest BCUT2D eigenvalue weighted by Gasteiger charge is 2.16. The Kier molecular flexibility index (Phi) is 3.12. The maximum Gasteiger partial charge on any atom is 0.421 e. The van der Waals surface area contributed by atoms with Gasteiger partial charge >= 0.3 is 5.76 Å². The minimum atomic E-state index is -0.612. The van der Waals surface area contributed by atoms with Gasteiger partial charge in [0.05, 0.1) is 11.6 Å². The van der Waals surface area contributed by atoms with Crippen molar-refractivity contribution in [1.29, 1.82) is 0 Å². The number of halogens is 1. The second-order valence-corrected chi connectivity index (χ2v) is 4.59. The van der Waals surface area contributed by atoms with Gasteiger partial charge in [0.15, 0.2) is 17.0 Å². The van der Waals surface area contributed by atoms with Crippen molar-refractivity contribution in [2.75, 3.05) is 0 Å². The van der Waals surface area contributed by atoms with Crippen molar-refractivity contribution in [3.05, 3.63) is 63.7 Å². The maximum absolute atomic E-state index is 12.2. The standard InChI is InChI=1S/C14H9ClN2O3/c15-10-5-2-1-4-9(10)11(18)8-17-13-12(20-14(17)19)6-3-7-16-13/h1-7H,8H2. The van der Waals surface area contributed by atoms with E-state index in [1.165, 1.54) is 10.8 Å². The summed E-state index contributed by atoms with van der Waals surface area (Å²) in [6.07, 6.45) is 1.54. The van der Waals surface area contributed by atoms with E-state index in [0.717, 1.165) is 0 Å². The molecule has 3 aromatic rings. The summed E-state index contributed by atoms with van der Waals surface area (Å²) in [6, 6.07) is 9.98. The third kappa shape index (κ3) is 2.12. The van der Waals surface area contributed by atoms with E-state index in [9.17, 15) is 9.59 Å². The summed E-state index contributed by atoms with van der Waals surface area (Å²) in [5.41, 5.74) is 1.06. The van der Waals surface area contributed by atoms with E-state index in [4.69, 9.17) is 16.0 Å². The van der Waals surface area contributed by atoms with Crippen LogP contribution in [0.1, 0.15) is 10.4 Å². The Balaban J connectivity index is 2.02. The Morgan fingerprint density at radius 1 is 1.25 bits per heavy atom. The number of Topliss-reactive ketones (excluding diaryl/α,β-unsaturated/α-hetero) is 1. The second-order valence-electron chi connectivity index (χ2n) is 4.18. The number of aromatic nitrogens is 2. The number of ketones is 1. The van der Waals surface area contributed by atoms with Crippen molar-refractivity contribution in [2.24, 2.45) is 0 Å². The Morgan fingerprint density at radius 2 is 2.05 bits per heavy atom. The van der Waals surface area contributed by atoms with Gasteiger partial charge < -0.3 is 4.42 Å². The smallest absolute Gasteiger partial charge is 0.406 e. The molecule has 0 bridgehead atoms. The molecule has 0 aliphatic carbocycles. The highest BCUT2D eigenvalue weighted by molar-refractivity contribution is 6.33. The average Bonchev–Trinajstić information content (AvgIpc) is 2.76. The van der Waals surface area contributed by atoms with Crippen molar-refractivity contribution in [1.82, 2.24) is 9.55 Å². The average molecular weight is 289 g/mol. The monoisotopic (exact) mass is 288 g/mol. The largest absolute Gasteiger partial charge is 0.421 e. The molecule has 0 N–H and O–H groups in total. The third-order valence-electron chi connectivity index (χ3n) is 2.90. The van der Waals surface area contributed by atoms with Gasteiger partial charge in [-0.1, -0.05) is 23.7 Å². The molecule has 0 aliphatic rings. The van der Waals surface area contributed by atoms with Crippen LogP contribution in [-0.4, -0.2) is 15.3 Å². The topological polar surface area (TPSA) is 65.1 Å². The Morgan fingerprint density at radius 3 is 2.85 bits per heavy atom. The van der Waals surface area contributed by atoms with Crippen LogP contribution in [0.5, 0.6) is 0 Å². The number of hydrogen-bond acceptors (Lipinski definition) is 4. The predicted molar refractivity (Wildman–Crippen MR) is 74.1 cm³/mol. The Labute approximate surface area is 118 Å². The molecular weight excluding hydrogens is 280 g/mol. The molecule has 0 atom stereocenters. The molecule has 100 valence electrons. The van der Waals surface area contributed by atoms with Gasteiger partial charge in [-0.2, -0.15) is 0 Å². The van der Waals surface area contributed by atoms with Gasteiger partial charge in [0, 0.05) is 11.8 Å². The van der Waals surface area contributed by atoms with Crippen molar-refractivity contribution in [2.45, 2.75) is 6.54 Å². The van der Waals surface area contributed by atoms with Gasteiger partial charge in [-0.05, 0) is 24.3 Å². The summed E-state index contributed by atoms with van der Waals surface area (Å²) in [7, 11) is 0. The Bertz CT molecular complexity index is 851. The van der Waals surface area contributed by atoms with E-state index >= 15 is 0 Å². The summed E-state index contributed by atoms with van der Waals surface area (Å²) in [6.45, 7) is -0.160. The molecule has 5 nitrogen and oxygen atoms in total. The van der Waals surface area contributed by atoms with Crippen LogP contribution in [0.25, 0.3) is 11.2 Å². The molecule has 1 aromatic carbocycles. The van der Waals surface area contributed by atoms with Crippen LogP contribution in [0.3, 0.4) is 0 Å². The lowest BCUT2D eigenvalue weighted by Gasteiger charge is -2.03. The summed E-state index contributed by atoms with van der Waals surface area (Å²) >= 11 is 5.97. The van der Waals surface area contributed by atoms with Crippen LogP contribution in [0, 0.1) is 0 Å². The van der Waals surface area contributed by atoms with Gasteiger partial charge in [-0.3, -0.25) is 9.36 Å². The van der Waals surface area contributed by atoms with E-state index < -0.39 is 5.76 Å². The van der Waals surface area contributed by atoms with Crippen LogP contribution >= 0.6 is 11.6 Å². The molecule has 0 amide bonds. The lowest BCUT2D eigenvalue weighted by atomic mass is 10.1. The van der Waals surface area contributed by atoms with Crippen molar-refractivity contribution >= 4 is 28.6 Å². The molecule has 6 heteroatoms. The highest BCUT2D eigenvalue weighted by atomic mass is 35.5. The molecule has 0 saturated heterocycles. The summed E-state index contributed by atoms with van der Waals surface area (Å²) < 4.78 is 6.22. The molecule has 2 heterocycles. The SMILES string of the molecule is O=C(Cn1c(=O)oc2cccnc21)c1ccccc1Cl. The zero-order chi connectivity index (χ0) is 14.1. The number of fused-ring (bicyclic) bond motifs is 1. The van der Waals surface area contributed by atoms with E-state index in [1.54, 1.807) is 36.4 Å². The number of rotatable bonds is 3. The summed E-state index contributed by atoms with van der Waals surface area (Å²) in [4.78, 5) is 28.0. The van der Waals surface area contributed by atoms with Crippen LogP contribution in [0.2, 0.25) is 5.02 Å². The van der Waals surface area contributed by atoms with Crippen LogP contribution in [0.4, 0.5) is 0 Å². The quantitative estimate of drug-likeness (QED) is 0.695. The third-order valence-corrected chi connectivity index (χ3v) is 3.23. The van der Waals surface area contributed by atoms with Gasteiger partial charge in [0.2, 0.25) is 0 Å². The highest BCUT2D eigenvalue weighted by Crippen LogP contribution is 2.17. The fraction of sp³-hybridized carbons (Fsp3) is 0.0714. The van der Waals surface area contributed by atoms with Gasteiger partial charge in [-0.15, -0.1) is 0 Å². The first-order chi connectivity index (χ1) is 9.66. The maximum atomic E-state index is 12.2. The molecule has 3 rings (SSSR count). The number of pyridine rings is 1. The summed E-state index contributed by atoms with van der Waals surface area (Å²) in [5, 5.41) is 0.353. The predicted octanol–water partition coefficient (Wildman–Crippen LogP) is 2.53. The fourth-order valence-electron chi connectivity index (χ4n) is 1.96. The first-order valence-corrected chi connectivity index (χ1v) is 6.26. The van der Waals surface area contributed by atoms with E-state index in [-0.39, 0.29) is 12.3 Å². The van der Waals surface area contributed by atoms with Gasteiger partial charge in [0.1, 0.15) is 0 Å². The molecule has 20 heavy (non-hydrogen) atoms. The van der Waals surface area contributed by atoms with E-state index in [2.05, 4.69) is 4.98 Å². The zero-order valence-corrected chi connectivity index (χ0v) is 11.0. The van der Waals surface area contributed by atoms with E-state index in [1.807, 2.05) is 0 Å². The zero-order valence-electron chi connectivity index (χ0n) is 10.2. The molecule has 0 fully saturated rings. The molecule has 0 saturated carbocycles. The van der Waals surface area contributed by atoms with Crippen LogP contribution < -0.4 is 5.76 Å². The van der Waals surface area contributed by atoms with E-state index in [0.29, 0.717) is 21.8 Å². The van der Waals surface area contributed by atoms with Crippen molar-refractivity contribution in [3.63, 3.8) is 0 Å². The molecule has 0 radical (unpaired) electrons. The molecule has 0 unspecified atom stereocenters. The van der Waals surface area contributed by atoms with Crippen LogP contribution in [0.15, 0.2) is 51.8 Å². The minimum Gasteiger partial charge on any atom is -0.406 e. The molecule has 0 aliphatic heterocycles. The fourth-order valence-corrected chi connectivity index (χ4v) is 2.20. The number of carbonyl (C=O) groups excluding carboxylic acids is 1. The summed E-state index contributed by atoms with van der Waals surface area (Å²) in [5.74, 6) is -0.884.